The predicted molar refractivity (Wildman–Crippen MR) is 116 cm³/mol. The first-order valence-corrected chi connectivity index (χ1v) is 9.96. The molecule has 0 saturated carbocycles. The first-order valence-electron chi connectivity index (χ1n) is 9.20. The number of hydrogen-bond donors (Lipinski definition) is 2. The number of amides is 2. The van der Waals surface area contributed by atoms with Crippen molar-refractivity contribution in [3.63, 3.8) is 0 Å². The lowest BCUT2D eigenvalue weighted by Gasteiger charge is -2.10. The van der Waals surface area contributed by atoms with Gasteiger partial charge in [-0.25, -0.2) is 0 Å². The van der Waals surface area contributed by atoms with Crippen molar-refractivity contribution in [2.24, 2.45) is 0 Å². The minimum atomic E-state index is -0.747. The van der Waals surface area contributed by atoms with E-state index in [0.29, 0.717) is 29.5 Å². The Kier molecular flexibility index (Phi) is 9.42. The van der Waals surface area contributed by atoms with Crippen LogP contribution in [0.3, 0.4) is 0 Å². The predicted octanol–water partition coefficient (Wildman–Crippen LogP) is 2.64. The van der Waals surface area contributed by atoms with Crippen LogP contribution < -0.4 is 20.1 Å². The molecular formula is C21H22Cl2N2O6. The van der Waals surface area contributed by atoms with Crippen LogP contribution in [0.2, 0.25) is 10.0 Å². The molecule has 2 N–H and O–H groups in total. The molecule has 31 heavy (non-hydrogen) atoms. The number of carbonyl (C=O) groups is 3. The Morgan fingerprint density at radius 1 is 0.903 bits per heavy atom. The molecule has 0 heterocycles. The maximum absolute atomic E-state index is 12.0. The third-order valence-corrected chi connectivity index (χ3v) is 4.86. The molecule has 0 atom stereocenters. The van der Waals surface area contributed by atoms with Crippen molar-refractivity contribution < 1.29 is 28.6 Å². The first kappa shape index (κ1) is 24.3. The second-order valence-electron chi connectivity index (χ2n) is 6.26. The van der Waals surface area contributed by atoms with E-state index in [1.807, 2.05) is 12.1 Å². The molecule has 0 unspecified atom stereocenters. The second-order valence-corrected chi connectivity index (χ2v) is 7.08. The van der Waals surface area contributed by atoms with Crippen molar-refractivity contribution in [2.75, 3.05) is 33.9 Å². The summed E-state index contributed by atoms with van der Waals surface area (Å²) in [6.45, 7) is -0.495. The van der Waals surface area contributed by atoms with E-state index in [-0.39, 0.29) is 10.6 Å². The van der Waals surface area contributed by atoms with Crippen LogP contribution in [0.1, 0.15) is 15.9 Å². The van der Waals surface area contributed by atoms with Crippen LogP contribution in [0.5, 0.6) is 11.5 Å². The van der Waals surface area contributed by atoms with E-state index in [4.69, 9.17) is 37.4 Å². The van der Waals surface area contributed by atoms with E-state index in [1.54, 1.807) is 20.3 Å². The van der Waals surface area contributed by atoms with Gasteiger partial charge in [-0.1, -0.05) is 29.3 Å². The lowest BCUT2D eigenvalue weighted by molar-refractivity contribution is -0.147. The Balaban J connectivity index is 1.68. The third-order valence-electron chi connectivity index (χ3n) is 4.12. The van der Waals surface area contributed by atoms with Crippen LogP contribution in [0.15, 0.2) is 36.4 Å². The number of nitrogens with one attached hydrogen (secondary N) is 2. The van der Waals surface area contributed by atoms with Gasteiger partial charge < -0.3 is 24.8 Å². The molecular weight excluding hydrogens is 447 g/mol. The smallest absolute Gasteiger partial charge is 0.325 e. The molecule has 0 aliphatic heterocycles. The normalized spacial score (nSPS) is 10.2. The Hall–Kier alpha value is -2.97. The minimum Gasteiger partial charge on any atom is -0.493 e. The molecule has 0 saturated heterocycles. The van der Waals surface area contributed by atoms with Gasteiger partial charge in [0.05, 0.1) is 24.3 Å². The fraction of sp³-hybridized carbons (Fsp3) is 0.286. The lowest BCUT2D eigenvalue weighted by Crippen LogP contribution is -2.34. The van der Waals surface area contributed by atoms with E-state index in [0.717, 1.165) is 5.56 Å². The maximum atomic E-state index is 12.0. The molecule has 2 rings (SSSR count). The van der Waals surface area contributed by atoms with Gasteiger partial charge in [0.25, 0.3) is 11.8 Å². The summed E-state index contributed by atoms with van der Waals surface area (Å²) in [6, 6.07) is 9.80. The van der Waals surface area contributed by atoms with Gasteiger partial charge >= 0.3 is 5.97 Å². The van der Waals surface area contributed by atoms with Crippen molar-refractivity contribution in [1.82, 2.24) is 10.6 Å². The topological polar surface area (TPSA) is 103 Å². The van der Waals surface area contributed by atoms with Crippen molar-refractivity contribution in [2.45, 2.75) is 6.42 Å². The molecule has 10 heteroatoms. The monoisotopic (exact) mass is 468 g/mol. The molecule has 166 valence electrons. The number of benzene rings is 2. The molecule has 2 aromatic carbocycles. The van der Waals surface area contributed by atoms with Gasteiger partial charge in [0, 0.05) is 12.1 Å². The number of esters is 1. The highest BCUT2D eigenvalue weighted by atomic mass is 35.5. The molecule has 0 spiro atoms. The van der Waals surface area contributed by atoms with Crippen molar-refractivity contribution in [1.29, 1.82) is 0 Å². The molecule has 2 amide bonds. The van der Waals surface area contributed by atoms with Crippen LogP contribution in [0.25, 0.3) is 0 Å². The summed E-state index contributed by atoms with van der Waals surface area (Å²) >= 11 is 11.6. The van der Waals surface area contributed by atoms with Crippen LogP contribution in [-0.4, -0.2) is 51.7 Å². The van der Waals surface area contributed by atoms with Crippen molar-refractivity contribution in [3.05, 3.63) is 57.6 Å². The van der Waals surface area contributed by atoms with Gasteiger partial charge in [-0.15, -0.1) is 0 Å². The third kappa shape index (κ3) is 7.66. The molecule has 2 aromatic rings. The summed E-state index contributed by atoms with van der Waals surface area (Å²) in [4.78, 5) is 35.6. The molecule has 0 aromatic heterocycles. The summed E-state index contributed by atoms with van der Waals surface area (Å²) in [7, 11) is 3.10. The van der Waals surface area contributed by atoms with E-state index in [1.165, 1.54) is 18.2 Å². The van der Waals surface area contributed by atoms with E-state index in [9.17, 15) is 14.4 Å². The minimum absolute atomic E-state index is 0.224. The van der Waals surface area contributed by atoms with Crippen LogP contribution >= 0.6 is 23.2 Å². The standard InChI is InChI=1S/C21H22Cl2N2O6/c1-29-17-6-3-13(9-18(17)30-2)7-8-24-19(26)12-31-20(27)11-25-21(28)14-4-5-15(22)16(23)10-14/h3-6,9-10H,7-8,11-12H2,1-2H3,(H,24,26)(H,25,28). The number of carbonyl (C=O) groups excluding carboxylic acids is 3. The van der Waals surface area contributed by atoms with E-state index < -0.39 is 30.9 Å². The van der Waals surface area contributed by atoms with Gasteiger partial charge in [0.15, 0.2) is 18.1 Å². The summed E-state index contributed by atoms with van der Waals surface area (Å²) in [5.41, 5.74) is 1.19. The fourth-order valence-corrected chi connectivity index (χ4v) is 2.82. The van der Waals surface area contributed by atoms with Gasteiger partial charge in [0.1, 0.15) is 6.54 Å². The average Bonchev–Trinajstić information content (AvgIpc) is 2.77. The quantitative estimate of drug-likeness (QED) is 0.519. The average molecular weight is 469 g/mol. The molecule has 0 aliphatic rings. The van der Waals surface area contributed by atoms with Gasteiger partial charge in [0.2, 0.25) is 0 Å². The van der Waals surface area contributed by atoms with Crippen LogP contribution in [0.4, 0.5) is 0 Å². The number of halogens is 2. The van der Waals surface area contributed by atoms with E-state index in [2.05, 4.69) is 10.6 Å². The molecule has 0 radical (unpaired) electrons. The number of methoxy groups -OCH3 is 2. The Bertz CT molecular complexity index is 951. The first-order chi connectivity index (χ1) is 14.8. The largest absolute Gasteiger partial charge is 0.493 e. The summed E-state index contributed by atoms with van der Waals surface area (Å²) in [5.74, 6) is -0.500. The zero-order valence-electron chi connectivity index (χ0n) is 17.0. The Morgan fingerprint density at radius 2 is 1.65 bits per heavy atom. The number of ether oxygens (including phenoxy) is 3. The van der Waals surface area contributed by atoms with Crippen molar-refractivity contribution in [3.8, 4) is 11.5 Å². The fourth-order valence-electron chi connectivity index (χ4n) is 2.52. The molecule has 0 fully saturated rings. The highest BCUT2D eigenvalue weighted by molar-refractivity contribution is 6.42. The van der Waals surface area contributed by atoms with Gasteiger partial charge in [-0.2, -0.15) is 0 Å². The second kappa shape index (κ2) is 12.0. The Morgan fingerprint density at radius 3 is 2.32 bits per heavy atom. The van der Waals surface area contributed by atoms with Crippen molar-refractivity contribution >= 4 is 41.0 Å². The number of hydrogen-bond acceptors (Lipinski definition) is 6. The highest BCUT2D eigenvalue weighted by Crippen LogP contribution is 2.27. The summed E-state index contributed by atoms with van der Waals surface area (Å²) in [5, 5.41) is 5.58. The summed E-state index contributed by atoms with van der Waals surface area (Å²) in [6.07, 6.45) is 0.555. The van der Waals surface area contributed by atoms with Gasteiger partial charge in [-0.3, -0.25) is 14.4 Å². The molecule has 0 bridgehead atoms. The van der Waals surface area contributed by atoms with Gasteiger partial charge in [-0.05, 0) is 42.3 Å². The summed E-state index contributed by atoms with van der Waals surface area (Å²) < 4.78 is 15.3. The maximum Gasteiger partial charge on any atom is 0.325 e. The van der Waals surface area contributed by atoms with Crippen LogP contribution in [-0.2, 0) is 20.7 Å². The zero-order chi connectivity index (χ0) is 22.8. The SMILES string of the molecule is COc1ccc(CCNC(=O)COC(=O)CNC(=O)c2ccc(Cl)c(Cl)c2)cc1OC. The van der Waals surface area contributed by atoms with Crippen LogP contribution in [0, 0.1) is 0 Å². The molecule has 0 aliphatic carbocycles. The zero-order valence-corrected chi connectivity index (χ0v) is 18.5. The highest BCUT2D eigenvalue weighted by Gasteiger charge is 2.12. The number of rotatable bonds is 10. The Labute approximate surface area is 189 Å². The van der Waals surface area contributed by atoms with E-state index >= 15 is 0 Å². The lowest BCUT2D eigenvalue weighted by atomic mass is 10.1. The molecule has 8 nitrogen and oxygen atoms in total.